The molecule has 3 nitrogen and oxygen atoms in total. The monoisotopic (exact) mass is 90.1 g/mol. The van der Waals surface area contributed by atoms with Crippen molar-refractivity contribution in [2.24, 2.45) is 5.16 Å². The van der Waals surface area contributed by atoms with E-state index in [1.54, 1.807) is 0 Å². The predicted octanol–water partition coefficient (Wildman–Crippen LogP) is 1.02. The van der Waals surface area contributed by atoms with Gasteiger partial charge in [0.05, 0.1) is 0 Å². The van der Waals surface area contributed by atoms with E-state index in [1.165, 1.54) is 6.21 Å². The summed E-state index contributed by atoms with van der Waals surface area (Å²) in [6.45, 7) is 1.90. The number of rotatable bonds is 1. The molecule has 0 aliphatic heterocycles. The molecule has 0 aromatic carbocycles. The first-order valence-corrected chi connectivity index (χ1v) is 1.57. The Hall–Kier alpha value is -0.570. The van der Waals surface area contributed by atoms with E-state index < -0.39 is 0 Å². The quantitative estimate of drug-likeness (QED) is 0.286. The zero-order valence-electron chi connectivity index (χ0n) is 3.89. The summed E-state index contributed by atoms with van der Waals surface area (Å²) < 4.78 is 0. The van der Waals surface area contributed by atoms with Gasteiger partial charge in [-0.15, -0.1) is 5.16 Å². The second-order valence-electron chi connectivity index (χ2n) is 0.706. The molecule has 0 aromatic heterocycles. The van der Waals surface area contributed by atoms with E-state index in [0.717, 1.165) is 6.42 Å². The summed E-state index contributed by atoms with van der Waals surface area (Å²) in [7, 11) is 0. The van der Waals surface area contributed by atoms with Crippen LogP contribution in [0.4, 0.5) is 0 Å². The zero-order chi connectivity index (χ0) is 4.12. The lowest BCUT2D eigenvalue weighted by Gasteiger charge is -1.64. The van der Waals surface area contributed by atoms with Crippen LogP contribution >= 0.6 is 0 Å². The van der Waals surface area contributed by atoms with Gasteiger partial charge in [0.15, 0.2) is 0 Å². The van der Waals surface area contributed by atoms with Crippen molar-refractivity contribution in [2.45, 2.75) is 13.3 Å². The van der Waals surface area contributed by atoms with Gasteiger partial charge in [-0.25, -0.2) is 0 Å². The number of hydrogen-bond donors (Lipinski definition) is 2. The largest absolute Gasteiger partial charge is 0.411 e. The molecule has 0 aliphatic carbocycles. The van der Waals surface area contributed by atoms with Crippen LogP contribution in [0.3, 0.4) is 0 Å². The van der Waals surface area contributed by atoms with Crippen LogP contribution in [0.1, 0.15) is 13.3 Å². The molecule has 0 rings (SSSR count). The van der Waals surface area contributed by atoms with Crippen LogP contribution in [0, 0.1) is 0 Å². The fraction of sp³-hybridized carbons (Fsp3) is 0.667. The Morgan fingerprint density at radius 1 is 1.83 bits per heavy atom. The summed E-state index contributed by atoms with van der Waals surface area (Å²) in [5.41, 5.74) is 0. The molecule has 38 valence electrons. The van der Waals surface area contributed by atoms with E-state index in [4.69, 9.17) is 5.21 Å². The van der Waals surface area contributed by atoms with Gasteiger partial charge < -0.3 is 11.4 Å². The van der Waals surface area contributed by atoms with Crippen molar-refractivity contribution in [3.8, 4) is 0 Å². The Morgan fingerprint density at radius 3 is 2.33 bits per heavy atom. The van der Waals surface area contributed by atoms with Crippen LogP contribution in [0.2, 0.25) is 0 Å². The molecule has 0 bridgehead atoms. The van der Waals surface area contributed by atoms with Crippen molar-refractivity contribution in [3.63, 3.8) is 0 Å². The Kier molecular flexibility index (Phi) is 13.3. The molecule has 0 heterocycles. The Bertz CT molecular complexity index is 35.8. The Balaban J connectivity index is 0. The van der Waals surface area contributed by atoms with Crippen LogP contribution in [0.15, 0.2) is 5.16 Å². The molecule has 4 N–H and O–H groups in total. The summed E-state index contributed by atoms with van der Waals surface area (Å²) in [6.07, 6.45) is 2.23. The Morgan fingerprint density at radius 2 is 2.33 bits per heavy atom. The molecule has 0 aliphatic rings. The molecule has 3 heteroatoms. The highest BCUT2D eigenvalue weighted by molar-refractivity contribution is 5.55. The number of oxime groups is 1. The molecule has 0 aromatic rings. The molecule has 0 spiro atoms. The second kappa shape index (κ2) is 8.83. The minimum atomic E-state index is 0. The van der Waals surface area contributed by atoms with E-state index in [2.05, 4.69) is 5.16 Å². The van der Waals surface area contributed by atoms with Gasteiger partial charge in [0.1, 0.15) is 0 Å². The normalized spacial score (nSPS) is 8.17. The van der Waals surface area contributed by atoms with Crippen molar-refractivity contribution in [1.29, 1.82) is 0 Å². The molecule has 0 amide bonds. The van der Waals surface area contributed by atoms with Crippen molar-refractivity contribution in [2.75, 3.05) is 0 Å². The van der Waals surface area contributed by atoms with Gasteiger partial charge in [0.2, 0.25) is 0 Å². The van der Waals surface area contributed by atoms with E-state index in [-0.39, 0.29) is 6.15 Å². The summed E-state index contributed by atoms with van der Waals surface area (Å²) in [6, 6.07) is 0. The van der Waals surface area contributed by atoms with Gasteiger partial charge >= 0.3 is 0 Å². The molecule has 0 saturated carbocycles. The van der Waals surface area contributed by atoms with Crippen LogP contribution in [0.25, 0.3) is 0 Å². The molecule has 0 unspecified atom stereocenters. The fourth-order valence-corrected chi connectivity index (χ4v) is 0.0816. The third-order valence-corrected chi connectivity index (χ3v) is 0.264. The fourth-order valence-electron chi connectivity index (χ4n) is 0.0816. The lowest BCUT2D eigenvalue weighted by molar-refractivity contribution is 0.320. The highest BCUT2D eigenvalue weighted by Gasteiger charge is 1.55. The Labute approximate surface area is 37.2 Å². The number of hydrogen-bond acceptors (Lipinski definition) is 3. The first-order valence-electron chi connectivity index (χ1n) is 1.57. The summed E-state index contributed by atoms with van der Waals surface area (Å²) in [4.78, 5) is 0. The maximum absolute atomic E-state index is 7.64. The standard InChI is InChI=1S/C3H7NO.H3N/c1-2-3-4-5;/h3,5H,2H2,1H3;1H3. The third kappa shape index (κ3) is 9.90. The van der Waals surface area contributed by atoms with E-state index >= 15 is 0 Å². The van der Waals surface area contributed by atoms with Crippen molar-refractivity contribution in [3.05, 3.63) is 0 Å². The number of nitrogens with zero attached hydrogens (tertiary/aromatic N) is 1. The van der Waals surface area contributed by atoms with Gasteiger partial charge in [-0.05, 0) is 6.42 Å². The van der Waals surface area contributed by atoms with Gasteiger partial charge in [-0.3, -0.25) is 0 Å². The summed E-state index contributed by atoms with van der Waals surface area (Å²) >= 11 is 0. The highest BCUT2D eigenvalue weighted by atomic mass is 16.4. The minimum absolute atomic E-state index is 0. The SMILES string of the molecule is CCC=NO.N. The van der Waals surface area contributed by atoms with Crippen molar-refractivity contribution in [1.82, 2.24) is 6.15 Å². The van der Waals surface area contributed by atoms with E-state index in [9.17, 15) is 0 Å². The molecular formula is C3H10N2O. The molecular weight excluding hydrogens is 80.0 g/mol. The molecule has 6 heavy (non-hydrogen) atoms. The van der Waals surface area contributed by atoms with E-state index in [1.807, 2.05) is 6.92 Å². The van der Waals surface area contributed by atoms with Gasteiger partial charge in [0, 0.05) is 6.21 Å². The van der Waals surface area contributed by atoms with Crippen molar-refractivity contribution < 1.29 is 5.21 Å². The summed E-state index contributed by atoms with van der Waals surface area (Å²) in [5.74, 6) is 0. The van der Waals surface area contributed by atoms with Crippen LogP contribution in [-0.4, -0.2) is 11.4 Å². The topological polar surface area (TPSA) is 67.6 Å². The predicted molar refractivity (Wildman–Crippen MR) is 25.6 cm³/mol. The third-order valence-electron chi connectivity index (χ3n) is 0.264. The van der Waals surface area contributed by atoms with Gasteiger partial charge in [-0.1, -0.05) is 6.92 Å². The molecule has 0 saturated heterocycles. The maximum atomic E-state index is 7.64. The smallest absolute Gasteiger partial charge is 0.0433 e. The molecule has 0 atom stereocenters. The zero-order valence-corrected chi connectivity index (χ0v) is 3.89. The second-order valence-corrected chi connectivity index (χ2v) is 0.706. The van der Waals surface area contributed by atoms with Crippen LogP contribution < -0.4 is 6.15 Å². The lowest BCUT2D eigenvalue weighted by atomic mass is 10.6. The van der Waals surface area contributed by atoms with Crippen LogP contribution in [0.5, 0.6) is 0 Å². The van der Waals surface area contributed by atoms with Crippen LogP contribution in [-0.2, 0) is 0 Å². The average Bonchev–Trinajstić information content (AvgIpc) is 1.41. The highest BCUT2D eigenvalue weighted by Crippen LogP contribution is 1.60. The summed E-state index contributed by atoms with van der Waals surface area (Å²) in [5, 5.41) is 10.4. The first kappa shape index (κ1) is 9.06. The van der Waals surface area contributed by atoms with E-state index in [0.29, 0.717) is 0 Å². The average molecular weight is 90.1 g/mol. The van der Waals surface area contributed by atoms with Gasteiger partial charge in [0.25, 0.3) is 0 Å². The maximum Gasteiger partial charge on any atom is 0.0433 e. The molecule has 0 fully saturated rings. The first-order chi connectivity index (χ1) is 2.41. The van der Waals surface area contributed by atoms with Gasteiger partial charge in [-0.2, -0.15) is 0 Å². The lowest BCUT2D eigenvalue weighted by Crippen LogP contribution is -1.61. The van der Waals surface area contributed by atoms with Crippen molar-refractivity contribution >= 4 is 6.21 Å². The minimum Gasteiger partial charge on any atom is -0.411 e. The molecule has 0 radical (unpaired) electrons.